The van der Waals surface area contributed by atoms with Crippen molar-refractivity contribution in [1.29, 1.82) is 0 Å². The second-order valence-electron chi connectivity index (χ2n) is 13.6. The number of hydrogen-bond acceptors (Lipinski definition) is 8. The van der Waals surface area contributed by atoms with Crippen LogP contribution in [-0.4, -0.2) is 74.2 Å². The lowest BCUT2D eigenvalue weighted by Gasteiger charge is -2.39. The number of methoxy groups -OCH3 is 2. The van der Waals surface area contributed by atoms with Crippen LogP contribution in [0.5, 0.6) is 11.5 Å². The topological polar surface area (TPSA) is 158 Å². The van der Waals surface area contributed by atoms with Crippen LogP contribution in [0.1, 0.15) is 86.6 Å². The Morgan fingerprint density at radius 3 is 2.18 bits per heavy atom. The highest BCUT2D eigenvalue weighted by atomic mass is 16.6. The van der Waals surface area contributed by atoms with Crippen LogP contribution < -0.4 is 25.8 Å². The normalized spacial score (nSPS) is 15.1. The van der Waals surface area contributed by atoms with E-state index in [1.165, 1.54) is 0 Å². The number of hydrogen-bond donors (Lipinski definition) is 4. The second kappa shape index (κ2) is 18.8. The van der Waals surface area contributed by atoms with Crippen LogP contribution in [-0.2, 0) is 25.5 Å². The third-order valence-corrected chi connectivity index (χ3v) is 8.02. The highest BCUT2D eigenvalue weighted by Gasteiger charge is 2.45. The molecule has 4 atom stereocenters. The Morgan fingerprint density at radius 2 is 1.64 bits per heavy atom. The minimum Gasteiger partial charge on any atom is -0.493 e. The molecule has 0 aromatic heterocycles. The van der Waals surface area contributed by atoms with E-state index in [0.29, 0.717) is 43.5 Å². The van der Waals surface area contributed by atoms with E-state index in [1.54, 1.807) is 55.8 Å². The third kappa shape index (κ3) is 13.9. The van der Waals surface area contributed by atoms with E-state index in [1.807, 2.05) is 18.2 Å². The molecular weight excluding hydrogens is 578 g/mol. The van der Waals surface area contributed by atoms with Gasteiger partial charge in [-0.1, -0.05) is 40.7 Å². The number of nitrogens with two attached hydrogens (primary N) is 1. The number of rotatable bonds is 20. The standard InChI is InChI=1S/C34H59N3O8/c1-22(2)26(18-25-12-15-28(43-10)29(19-25)44-17-11-16-42-9)13-14-27(38)20-34(23(3)4,37-32(41)45-33(6,7)8)31(40)36-21-24(5)30(35)39/h12,15,19,22-24,26-27,38H,11,13-14,16-18,20-21H2,1-10H3,(H2,35,39)(H,36,40)(H,37,41)/t24-,26+,27+,34+/m1/s1. The molecule has 3 amide bonds. The van der Waals surface area contributed by atoms with Crippen LogP contribution >= 0.6 is 0 Å². The molecule has 0 radical (unpaired) electrons. The van der Waals surface area contributed by atoms with E-state index in [2.05, 4.69) is 24.5 Å². The van der Waals surface area contributed by atoms with Crippen molar-refractivity contribution in [1.82, 2.24) is 10.6 Å². The number of nitrogens with one attached hydrogen (secondary N) is 2. The molecule has 0 bridgehead atoms. The molecule has 1 aromatic carbocycles. The lowest BCUT2D eigenvalue weighted by Crippen LogP contribution is -2.64. The summed E-state index contributed by atoms with van der Waals surface area (Å²) in [6.45, 7) is 15.8. The minimum atomic E-state index is -1.49. The smallest absolute Gasteiger partial charge is 0.408 e. The zero-order valence-electron chi connectivity index (χ0n) is 29.2. The largest absolute Gasteiger partial charge is 0.493 e. The van der Waals surface area contributed by atoms with Crippen molar-refractivity contribution >= 4 is 17.9 Å². The molecule has 11 heteroatoms. The Bertz CT molecular complexity index is 1070. The summed E-state index contributed by atoms with van der Waals surface area (Å²) >= 11 is 0. The molecule has 0 aliphatic heterocycles. The van der Waals surface area contributed by atoms with Gasteiger partial charge in [0.05, 0.1) is 25.7 Å². The molecule has 0 heterocycles. The lowest BCUT2D eigenvalue weighted by atomic mass is 9.78. The first-order valence-electron chi connectivity index (χ1n) is 16.0. The number of ether oxygens (including phenoxy) is 4. The van der Waals surface area contributed by atoms with Crippen LogP contribution in [0.2, 0.25) is 0 Å². The summed E-state index contributed by atoms with van der Waals surface area (Å²) in [6.07, 6.45) is 0.928. The van der Waals surface area contributed by atoms with E-state index < -0.39 is 47.0 Å². The predicted molar refractivity (Wildman–Crippen MR) is 175 cm³/mol. The highest BCUT2D eigenvalue weighted by molar-refractivity contribution is 5.91. The van der Waals surface area contributed by atoms with Gasteiger partial charge in [-0.05, 0) is 75.5 Å². The molecule has 1 aromatic rings. The van der Waals surface area contributed by atoms with Crippen LogP contribution in [0.15, 0.2) is 18.2 Å². The fourth-order valence-electron chi connectivity index (χ4n) is 5.03. The molecule has 0 saturated carbocycles. The third-order valence-electron chi connectivity index (χ3n) is 8.02. The number of aliphatic hydroxyl groups excluding tert-OH is 1. The Kier molecular flexibility index (Phi) is 16.7. The SMILES string of the molecule is COCCCOc1cc(C[C@H](CC[C@H](O)C[C@@](NC(=O)OC(C)(C)C)(C(=O)NC[C@@H](C)C(N)=O)C(C)C)C(C)C)ccc1OC. The van der Waals surface area contributed by atoms with Gasteiger partial charge in [0.2, 0.25) is 11.8 Å². The summed E-state index contributed by atoms with van der Waals surface area (Å²) in [7, 11) is 3.27. The predicted octanol–water partition coefficient (Wildman–Crippen LogP) is 4.61. The van der Waals surface area contributed by atoms with E-state index in [-0.39, 0.29) is 18.9 Å². The van der Waals surface area contributed by atoms with Crippen molar-refractivity contribution in [2.45, 2.75) is 105 Å². The van der Waals surface area contributed by atoms with Gasteiger partial charge in [-0.3, -0.25) is 9.59 Å². The van der Waals surface area contributed by atoms with Crippen LogP contribution in [0.3, 0.4) is 0 Å². The zero-order valence-corrected chi connectivity index (χ0v) is 29.2. The van der Waals surface area contributed by atoms with Gasteiger partial charge in [-0.2, -0.15) is 0 Å². The van der Waals surface area contributed by atoms with E-state index in [9.17, 15) is 19.5 Å². The molecule has 0 spiro atoms. The van der Waals surface area contributed by atoms with Gasteiger partial charge in [0.15, 0.2) is 11.5 Å². The molecule has 0 aliphatic rings. The average Bonchev–Trinajstić information content (AvgIpc) is 2.94. The van der Waals surface area contributed by atoms with Gasteiger partial charge in [-0.25, -0.2) is 4.79 Å². The molecule has 5 N–H and O–H groups in total. The number of carbonyl (C=O) groups excluding carboxylic acids is 3. The fraction of sp³-hybridized carbons (Fsp3) is 0.735. The molecular formula is C34H59N3O8. The molecule has 45 heavy (non-hydrogen) atoms. The first-order valence-corrected chi connectivity index (χ1v) is 16.0. The molecule has 0 aliphatic carbocycles. The number of carbonyl (C=O) groups is 3. The zero-order chi connectivity index (χ0) is 34.4. The van der Waals surface area contributed by atoms with Crippen molar-refractivity contribution < 1.29 is 38.4 Å². The summed E-state index contributed by atoms with van der Waals surface area (Å²) < 4.78 is 22.1. The van der Waals surface area contributed by atoms with E-state index in [0.717, 1.165) is 18.4 Å². The maximum atomic E-state index is 13.7. The maximum absolute atomic E-state index is 13.7. The monoisotopic (exact) mass is 637 g/mol. The first kappa shape index (κ1) is 40.0. The number of amides is 3. The van der Waals surface area contributed by atoms with Gasteiger partial charge in [0.1, 0.15) is 11.1 Å². The quantitative estimate of drug-likeness (QED) is 0.151. The molecule has 11 nitrogen and oxygen atoms in total. The summed E-state index contributed by atoms with van der Waals surface area (Å²) in [4.78, 5) is 38.2. The Hall–Kier alpha value is -3.05. The fourth-order valence-corrected chi connectivity index (χ4v) is 5.03. The summed E-state index contributed by atoms with van der Waals surface area (Å²) in [5, 5.41) is 16.9. The molecule has 0 saturated heterocycles. The van der Waals surface area contributed by atoms with Gasteiger partial charge in [0, 0.05) is 33.1 Å². The molecule has 0 unspecified atom stereocenters. The molecule has 0 fully saturated rings. The highest BCUT2D eigenvalue weighted by Crippen LogP contribution is 2.32. The Labute approximate surface area is 270 Å². The van der Waals surface area contributed by atoms with Gasteiger partial charge < -0.3 is 40.4 Å². The lowest BCUT2D eigenvalue weighted by molar-refractivity contribution is -0.132. The van der Waals surface area contributed by atoms with Crippen molar-refractivity contribution in [2.24, 2.45) is 29.4 Å². The van der Waals surface area contributed by atoms with E-state index in [4.69, 9.17) is 24.7 Å². The van der Waals surface area contributed by atoms with Crippen molar-refractivity contribution in [2.75, 3.05) is 34.0 Å². The van der Waals surface area contributed by atoms with Gasteiger partial charge >= 0.3 is 6.09 Å². The average molecular weight is 638 g/mol. The van der Waals surface area contributed by atoms with Crippen molar-refractivity contribution in [3.8, 4) is 11.5 Å². The molecule has 1 rings (SSSR count). The second-order valence-corrected chi connectivity index (χ2v) is 13.6. The van der Waals surface area contributed by atoms with Gasteiger partial charge in [-0.15, -0.1) is 0 Å². The Balaban J connectivity index is 3.13. The number of aliphatic hydroxyl groups is 1. The number of benzene rings is 1. The summed E-state index contributed by atoms with van der Waals surface area (Å²) in [6, 6.07) is 5.94. The van der Waals surface area contributed by atoms with E-state index >= 15 is 0 Å². The van der Waals surface area contributed by atoms with Crippen LogP contribution in [0.25, 0.3) is 0 Å². The molecule has 258 valence electrons. The summed E-state index contributed by atoms with van der Waals surface area (Å²) in [5.41, 5.74) is 4.20. The Morgan fingerprint density at radius 1 is 0.978 bits per heavy atom. The minimum absolute atomic E-state index is 0.00407. The van der Waals surface area contributed by atoms with Crippen LogP contribution in [0, 0.1) is 23.7 Å². The number of primary amides is 1. The number of alkyl carbamates (subject to hydrolysis) is 1. The van der Waals surface area contributed by atoms with Crippen LogP contribution in [0.4, 0.5) is 4.79 Å². The first-order chi connectivity index (χ1) is 20.9. The van der Waals surface area contributed by atoms with Crippen molar-refractivity contribution in [3.63, 3.8) is 0 Å². The van der Waals surface area contributed by atoms with Gasteiger partial charge in [0.25, 0.3) is 0 Å². The maximum Gasteiger partial charge on any atom is 0.408 e. The van der Waals surface area contributed by atoms with Crippen molar-refractivity contribution in [3.05, 3.63) is 23.8 Å². The summed E-state index contributed by atoms with van der Waals surface area (Å²) in [5.74, 6) is -0.180.